The molecule has 0 bridgehead atoms. The Morgan fingerprint density at radius 2 is 2.29 bits per heavy atom. The number of aryl methyl sites for hydroxylation is 2. The van der Waals surface area contributed by atoms with Crippen molar-refractivity contribution in [2.75, 3.05) is 20.2 Å². The first-order chi connectivity index (χ1) is 13.6. The van der Waals surface area contributed by atoms with Crippen LogP contribution in [-0.2, 0) is 22.6 Å². The third-order valence-corrected chi connectivity index (χ3v) is 6.10. The van der Waals surface area contributed by atoms with E-state index < -0.39 is 0 Å². The van der Waals surface area contributed by atoms with E-state index in [0.717, 1.165) is 29.8 Å². The minimum atomic E-state index is -0.145. The molecule has 28 heavy (non-hydrogen) atoms. The number of piperidine rings is 1. The highest BCUT2D eigenvalue weighted by Crippen LogP contribution is 2.22. The molecule has 3 rings (SSSR count). The van der Waals surface area contributed by atoms with Crippen LogP contribution in [0, 0.1) is 12.8 Å². The quantitative estimate of drug-likeness (QED) is 0.691. The topological polar surface area (TPSA) is 71.5 Å². The second-order valence-electron chi connectivity index (χ2n) is 7.12. The molecule has 1 aliphatic rings. The fourth-order valence-corrected chi connectivity index (χ4v) is 4.27. The van der Waals surface area contributed by atoms with Gasteiger partial charge in [-0.1, -0.05) is 12.1 Å². The van der Waals surface area contributed by atoms with Crippen molar-refractivity contribution in [1.82, 2.24) is 15.2 Å². The lowest BCUT2D eigenvalue weighted by Gasteiger charge is -2.32. The molecule has 0 unspecified atom stereocenters. The molecule has 1 fully saturated rings. The van der Waals surface area contributed by atoms with E-state index in [9.17, 15) is 9.59 Å². The number of amides is 2. The number of benzene rings is 1. The number of ether oxygens (including phenoxy) is 1. The Kier molecular flexibility index (Phi) is 7.03. The predicted molar refractivity (Wildman–Crippen MR) is 109 cm³/mol. The van der Waals surface area contributed by atoms with Gasteiger partial charge in [0.15, 0.2) is 0 Å². The Balaban J connectivity index is 1.48. The van der Waals surface area contributed by atoms with Crippen LogP contribution in [0.4, 0.5) is 0 Å². The fourth-order valence-electron chi connectivity index (χ4n) is 3.44. The van der Waals surface area contributed by atoms with E-state index in [1.165, 1.54) is 4.88 Å². The summed E-state index contributed by atoms with van der Waals surface area (Å²) in [6.07, 6.45) is 2.87. The number of rotatable bonds is 8. The van der Waals surface area contributed by atoms with Crippen LogP contribution < -0.4 is 10.1 Å². The molecule has 2 aromatic rings. The van der Waals surface area contributed by atoms with Gasteiger partial charge < -0.3 is 15.0 Å². The number of nitrogens with one attached hydrogen (secondary N) is 1. The van der Waals surface area contributed by atoms with Gasteiger partial charge in [-0.05, 0) is 43.9 Å². The van der Waals surface area contributed by atoms with Gasteiger partial charge in [0, 0.05) is 30.9 Å². The van der Waals surface area contributed by atoms with Crippen molar-refractivity contribution < 1.29 is 14.3 Å². The maximum absolute atomic E-state index is 12.6. The third-order valence-electron chi connectivity index (χ3n) is 5.10. The normalized spacial score (nSPS) is 16.9. The molecule has 1 saturated heterocycles. The van der Waals surface area contributed by atoms with Crippen molar-refractivity contribution in [2.24, 2.45) is 5.92 Å². The number of methoxy groups -OCH3 is 1. The maximum atomic E-state index is 12.6. The molecule has 2 amide bonds. The van der Waals surface area contributed by atoms with Crippen LogP contribution in [0.5, 0.6) is 5.75 Å². The Labute approximate surface area is 169 Å². The minimum absolute atomic E-state index is 0.0455. The Hall–Kier alpha value is -2.41. The van der Waals surface area contributed by atoms with Crippen LogP contribution in [0.15, 0.2) is 29.8 Å². The molecule has 0 spiro atoms. The Morgan fingerprint density at radius 3 is 3.04 bits per heavy atom. The summed E-state index contributed by atoms with van der Waals surface area (Å²) in [7, 11) is 1.63. The average Bonchev–Trinajstić information content (AvgIpc) is 3.11. The van der Waals surface area contributed by atoms with E-state index in [1.54, 1.807) is 23.3 Å². The zero-order valence-corrected chi connectivity index (χ0v) is 17.3. The van der Waals surface area contributed by atoms with E-state index in [0.29, 0.717) is 32.5 Å². The number of carbonyl (C=O) groups excluding carboxylic acids is 2. The number of hydrogen-bond donors (Lipinski definition) is 1. The second-order valence-corrected chi connectivity index (χ2v) is 8.06. The van der Waals surface area contributed by atoms with Crippen LogP contribution in [0.25, 0.3) is 0 Å². The van der Waals surface area contributed by atoms with Gasteiger partial charge in [0.1, 0.15) is 5.75 Å². The Bertz CT molecular complexity index is 821. The highest BCUT2D eigenvalue weighted by Gasteiger charge is 2.30. The van der Waals surface area contributed by atoms with Crippen molar-refractivity contribution in [2.45, 2.75) is 39.2 Å². The van der Waals surface area contributed by atoms with Gasteiger partial charge in [0.2, 0.25) is 11.8 Å². The molecule has 0 radical (unpaired) electrons. The summed E-state index contributed by atoms with van der Waals surface area (Å²) in [6, 6.07) is 7.70. The lowest BCUT2D eigenvalue weighted by atomic mass is 9.96. The molecule has 7 heteroatoms. The average molecular weight is 402 g/mol. The number of aromatic nitrogens is 1. The van der Waals surface area contributed by atoms with Crippen molar-refractivity contribution in [3.63, 3.8) is 0 Å². The lowest BCUT2D eigenvalue weighted by molar-refractivity contribution is -0.138. The van der Waals surface area contributed by atoms with Crippen molar-refractivity contribution in [1.29, 1.82) is 0 Å². The zero-order valence-electron chi connectivity index (χ0n) is 16.4. The second kappa shape index (κ2) is 9.68. The maximum Gasteiger partial charge on any atom is 0.224 e. The molecule has 0 saturated carbocycles. The molecular formula is C21H27N3O3S. The van der Waals surface area contributed by atoms with Gasteiger partial charge in [0.25, 0.3) is 0 Å². The van der Waals surface area contributed by atoms with Crippen LogP contribution in [0.3, 0.4) is 0 Å². The van der Waals surface area contributed by atoms with Crippen LogP contribution in [-0.4, -0.2) is 41.9 Å². The van der Waals surface area contributed by atoms with Gasteiger partial charge >= 0.3 is 0 Å². The van der Waals surface area contributed by atoms with E-state index in [4.69, 9.17) is 4.74 Å². The number of thiazole rings is 1. The summed E-state index contributed by atoms with van der Waals surface area (Å²) in [5.41, 5.74) is 3.95. The standard InChI is InChI=1S/C21H27N3O3S/c1-15-19(28-14-23-15)7-4-10-22-21(26)17-8-9-20(25)24(13-17)12-16-5-3-6-18(11-16)27-2/h3,5-6,11,14,17H,4,7-10,12-13H2,1-2H3,(H,22,26)/t17-/m1/s1. The molecule has 6 nitrogen and oxygen atoms in total. The van der Waals surface area contributed by atoms with Crippen LogP contribution in [0.1, 0.15) is 35.4 Å². The van der Waals surface area contributed by atoms with Gasteiger partial charge in [-0.2, -0.15) is 0 Å². The first kappa shape index (κ1) is 20.3. The minimum Gasteiger partial charge on any atom is -0.497 e. The highest BCUT2D eigenvalue weighted by molar-refractivity contribution is 7.09. The first-order valence-corrected chi connectivity index (χ1v) is 10.5. The molecular weight excluding hydrogens is 374 g/mol. The van der Waals surface area contributed by atoms with Crippen molar-refractivity contribution in [3.8, 4) is 5.75 Å². The molecule has 150 valence electrons. The van der Waals surface area contributed by atoms with Gasteiger partial charge in [-0.3, -0.25) is 9.59 Å². The predicted octanol–water partition coefficient (Wildman–Crippen LogP) is 2.95. The molecule has 1 aromatic carbocycles. The van der Waals surface area contributed by atoms with Crippen LogP contribution >= 0.6 is 11.3 Å². The Morgan fingerprint density at radius 1 is 1.43 bits per heavy atom. The van der Waals surface area contributed by atoms with Crippen molar-refractivity contribution in [3.05, 3.63) is 45.9 Å². The van der Waals surface area contributed by atoms with E-state index in [-0.39, 0.29) is 17.7 Å². The summed E-state index contributed by atoms with van der Waals surface area (Å²) >= 11 is 1.66. The number of carbonyl (C=O) groups is 2. The molecule has 1 aliphatic heterocycles. The first-order valence-electron chi connectivity index (χ1n) is 9.64. The summed E-state index contributed by atoms with van der Waals surface area (Å²) in [4.78, 5) is 32.2. The summed E-state index contributed by atoms with van der Waals surface area (Å²) in [5, 5.41) is 3.04. The number of likely N-dealkylation sites (tertiary alicyclic amines) is 1. The molecule has 1 N–H and O–H groups in total. The smallest absolute Gasteiger partial charge is 0.224 e. The SMILES string of the molecule is COc1cccc(CN2C[C@H](C(=O)NCCCc3scnc3C)CCC2=O)c1. The van der Waals surface area contributed by atoms with E-state index in [1.807, 2.05) is 36.7 Å². The largest absolute Gasteiger partial charge is 0.497 e. The monoisotopic (exact) mass is 401 g/mol. The summed E-state index contributed by atoms with van der Waals surface area (Å²) in [6.45, 7) is 3.64. The van der Waals surface area contributed by atoms with E-state index in [2.05, 4.69) is 10.3 Å². The van der Waals surface area contributed by atoms with Gasteiger partial charge in [-0.25, -0.2) is 4.98 Å². The van der Waals surface area contributed by atoms with Crippen LogP contribution in [0.2, 0.25) is 0 Å². The molecule has 2 heterocycles. The molecule has 0 aliphatic carbocycles. The van der Waals surface area contributed by atoms with Crippen molar-refractivity contribution >= 4 is 23.2 Å². The third kappa shape index (κ3) is 5.32. The summed E-state index contributed by atoms with van der Waals surface area (Å²) in [5.74, 6) is 0.776. The highest BCUT2D eigenvalue weighted by atomic mass is 32.1. The van der Waals surface area contributed by atoms with Gasteiger partial charge in [-0.15, -0.1) is 11.3 Å². The summed E-state index contributed by atoms with van der Waals surface area (Å²) < 4.78 is 5.25. The number of hydrogen-bond acceptors (Lipinski definition) is 5. The fraction of sp³-hybridized carbons (Fsp3) is 0.476. The molecule has 1 aromatic heterocycles. The number of nitrogens with zero attached hydrogens (tertiary/aromatic N) is 2. The lowest BCUT2D eigenvalue weighted by Crippen LogP contribution is -2.45. The van der Waals surface area contributed by atoms with E-state index >= 15 is 0 Å². The van der Waals surface area contributed by atoms with Gasteiger partial charge in [0.05, 0.1) is 24.2 Å². The molecule has 1 atom stereocenters. The zero-order chi connectivity index (χ0) is 19.9.